The van der Waals surface area contributed by atoms with Gasteiger partial charge in [0.05, 0.1) is 13.2 Å². The van der Waals surface area contributed by atoms with E-state index in [4.69, 9.17) is 88.6 Å². The average Bonchev–Trinajstić information content (AvgIpc) is 2.29. The van der Waals surface area contributed by atoms with Crippen molar-refractivity contribution in [1.29, 1.82) is 0 Å². The second kappa shape index (κ2) is 7.24. The van der Waals surface area contributed by atoms with Crippen LogP contribution in [-0.4, -0.2) is 45.3 Å². The summed E-state index contributed by atoms with van der Waals surface area (Å²) >= 11 is 31.9. The van der Waals surface area contributed by atoms with E-state index in [0.717, 1.165) is 0 Å². The second-order valence-electron chi connectivity index (χ2n) is 3.28. The van der Waals surface area contributed by atoms with Crippen molar-refractivity contribution in [2.45, 2.75) is 20.2 Å². The van der Waals surface area contributed by atoms with Gasteiger partial charge in [0.15, 0.2) is 0 Å². The minimum atomic E-state index is -2.33. The van der Waals surface area contributed by atoms with Gasteiger partial charge in [0.2, 0.25) is 0 Å². The van der Waals surface area contributed by atoms with Crippen LogP contribution in [0.4, 0.5) is 0 Å². The van der Waals surface area contributed by atoms with Gasteiger partial charge in [-0.1, -0.05) is 69.6 Å². The SMILES string of the molecule is O=C(O[C@H]1OCCO[C@H]1OC(=O)C(Cl)(Cl)Cl)C(Cl)(Cl)Cl. The van der Waals surface area contributed by atoms with Crippen molar-refractivity contribution in [3.8, 4) is 0 Å². The fraction of sp³-hybridized carbons (Fsp3) is 0.750. The number of ether oxygens (including phenoxy) is 4. The highest BCUT2D eigenvalue weighted by atomic mass is 35.6. The van der Waals surface area contributed by atoms with E-state index in [9.17, 15) is 9.59 Å². The first-order chi connectivity index (χ1) is 9.01. The normalized spacial score (nSPS) is 24.1. The number of halogens is 6. The molecular formula is C8H6Cl6O6. The first-order valence-corrected chi connectivity index (χ1v) is 7.07. The largest absolute Gasteiger partial charge is 0.426 e. The van der Waals surface area contributed by atoms with Crippen molar-refractivity contribution in [1.82, 2.24) is 0 Å². The highest BCUT2D eigenvalue weighted by Gasteiger charge is 2.43. The number of carbonyl (C=O) groups is 2. The van der Waals surface area contributed by atoms with Crippen LogP contribution in [-0.2, 0) is 28.5 Å². The molecular weight excluding hydrogens is 405 g/mol. The van der Waals surface area contributed by atoms with Crippen molar-refractivity contribution < 1.29 is 28.5 Å². The molecule has 0 unspecified atom stereocenters. The maximum Gasteiger partial charge on any atom is 0.361 e. The Balaban J connectivity index is 2.68. The molecule has 0 aromatic rings. The molecule has 0 aromatic carbocycles. The standard InChI is InChI=1S/C8H6Cl6O6/c9-7(10,11)5(15)19-3-4(18-2-1-17-3)20-6(16)8(12,13)14/h3-4H,1-2H2/t3-,4+. The molecule has 0 radical (unpaired) electrons. The number of alkyl halides is 6. The van der Waals surface area contributed by atoms with Crippen LogP contribution in [0.15, 0.2) is 0 Å². The predicted molar refractivity (Wildman–Crippen MR) is 72.2 cm³/mol. The van der Waals surface area contributed by atoms with E-state index in [1.54, 1.807) is 0 Å². The van der Waals surface area contributed by atoms with Crippen LogP contribution >= 0.6 is 69.6 Å². The molecule has 0 amide bonds. The maximum atomic E-state index is 11.4. The summed E-state index contributed by atoms with van der Waals surface area (Å²) in [5, 5.41) is 0. The zero-order valence-corrected chi connectivity index (χ0v) is 13.8. The summed E-state index contributed by atoms with van der Waals surface area (Å²) < 4.78 is 14.8. The quantitative estimate of drug-likeness (QED) is 0.514. The fourth-order valence-corrected chi connectivity index (χ4v) is 1.28. The topological polar surface area (TPSA) is 71.1 Å². The molecule has 0 aromatic heterocycles. The Morgan fingerprint density at radius 2 is 1.10 bits per heavy atom. The molecule has 12 heteroatoms. The summed E-state index contributed by atoms with van der Waals surface area (Å²) in [6, 6.07) is 0. The fourth-order valence-electron chi connectivity index (χ4n) is 1.01. The highest BCUT2D eigenvalue weighted by Crippen LogP contribution is 2.31. The number of hydrogen-bond donors (Lipinski definition) is 0. The lowest BCUT2D eigenvalue weighted by atomic mass is 10.5. The number of esters is 2. The van der Waals surface area contributed by atoms with Crippen LogP contribution in [0.1, 0.15) is 0 Å². The van der Waals surface area contributed by atoms with Gasteiger partial charge in [0, 0.05) is 0 Å². The lowest BCUT2D eigenvalue weighted by molar-refractivity contribution is -0.302. The van der Waals surface area contributed by atoms with Crippen molar-refractivity contribution >= 4 is 81.5 Å². The van der Waals surface area contributed by atoms with Gasteiger partial charge in [-0.15, -0.1) is 0 Å². The monoisotopic (exact) mass is 408 g/mol. The molecule has 1 rings (SSSR count). The predicted octanol–water partition coefficient (Wildman–Crippen LogP) is 2.51. The molecule has 2 atom stereocenters. The zero-order chi connectivity index (χ0) is 15.6. The summed E-state index contributed by atoms with van der Waals surface area (Å²) in [7, 11) is 0. The van der Waals surface area contributed by atoms with Crippen molar-refractivity contribution in [3.05, 3.63) is 0 Å². The molecule has 20 heavy (non-hydrogen) atoms. The number of rotatable bonds is 2. The Morgan fingerprint density at radius 3 is 1.35 bits per heavy atom. The molecule has 1 aliphatic heterocycles. The minimum Gasteiger partial charge on any atom is -0.426 e. The van der Waals surface area contributed by atoms with Crippen LogP contribution in [0.25, 0.3) is 0 Å². The van der Waals surface area contributed by atoms with E-state index >= 15 is 0 Å². The maximum absolute atomic E-state index is 11.4. The Kier molecular flexibility index (Phi) is 6.75. The van der Waals surface area contributed by atoms with Crippen LogP contribution in [0.3, 0.4) is 0 Å². The Bertz CT molecular complexity index is 341. The summed E-state index contributed by atoms with van der Waals surface area (Å²) in [4.78, 5) is 22.8. The molecule has 1 fully saturated rings. The van der Waals surface area contributed by atoms with Crippen LogP contribution in [0, 0.1) is 0 Å². The summed E-state index contributed by atoms with van der Waals surface area (Å²) in [6.07, 6.45) is -2.91. The van der Waals surface area contributed by atoms with Crippen molar-refractivity contribution in [2.24, 2.45) is 0 Å². The third-order valence-electron chi connectivity index (χ3n) is 1.78. The van der Waals surface area contributed by atoms with Gasteiger partial charge in [-0.3, -0.25) is 0 Å². The number of carbonyl (C=O) groups excluding carboxylic acids is 2. The molecule has 0 aliphatic carbocycles. The van der Waals surface area contributed by atoms with Crippen LogP contribution < -0.4 is 0 Å². The van der Waals surface area contributed by atoms with Crippen LogP contribution in [0.2, 0.25) is 0 Å². The van der Waals surface area contributed by atoms with E-state index in [-0.39, 0.29) is 13.2 Å². The van der Waals surface area contributed by atoms with Gasteiger partial charge in [0.1, 0.15) is 0 Å². The molecule has 6 nitrogen and oxygen atoms in total. The van der Waals surface area contributed by atoms with E-state index in [2.05, 4.69) is 0 Å². The third kappa shape index (κ3) is 5.77. The summed E-state index contributed by atoms with van der Waals surface area (Å²) in [5.41, 5.74) is 0. The Morgan fingerprint density at radius 1 is 0.800 bits per heavy atom. The molecule has 116 valence electrons. The van der Waals surface area contributed by atoms with E-state index < -0.39 is 32.1 Å². The molecule has 0 spiro atoms. The lowest BCUT2D eigenvalue weighted by Crippen LogP contribution is -2.46. The van der Waals surface area contributed by atoms with Gasteiger partial charge in [-0.05, 0) is 0 Å². The molecule has 0 N–H and O–H groups in total. The van der Waals surface area contributed by atoms with E-state index in [0.29, 0.717) is 0 Å². The second-order valence-corrected chi connectivity index (χ2v) is 7.85. The van der Waals surface area contributed by atoms with Gasteiger partial charge in [-0.2, -0.15) is 0 Å². The Hall–Kier alpha value is 0.600. The highest BCUT2D eigenvalue weighted by molar-refractivity contribution is 6.76. The number of hydrogen-bond acceptors (Lipinski definition) is 6. The van der Waals surface area contributed by atoms with Crippen molar-refractivity contribution in [2.75, 3.05) is 13.2 Å². The minimum absolute atomic E-state index is 0.0552. The molecule has 1 aliphatic rings. The molecule has 0 saturated carbocycles. The third-order valence-corrected chi connectivity index (χ3v) is 2.70. The first-order valence-electron chi connectivity index (χ1n) is 4.80. The molecule has 0 bridgehead atoms. The Labute approximate surface area is 143 Å². The lowest BCUT2D eigenvalue weighted by Gasteiger charge is -2.31. The molecule has 1 saturated heterocycles. The first kappa shape index (κ1) is 18.6. The van der Waals surface area contributed by atoms with Gasteiger partial charge in [-0.25, -0.2) is 9.59 Å². The van der Waals surface area contributed by atoms with Crippen LogP contribution in [0.5, 0.6) is 0 Å². The zero-order valence-electron chi connectivity index (χ0n) is 9.29. The van der Waals surface area contributed by atoms with Gasteiger partial charge < -0.3 is 18.9 Å². The average molecular weight is 411 g/mol. The van der Waals surface area contributed by atoms with Gasteiger partial charge >= 0.3 is 11.9 Å². The summed E-state index contributed by atoms with van der Waals surface area (Å²) in [5.74, 6) is -2.49. The summed E-state index contributed by atoms with van der Waals surface area (Å²) in [6.45, 7) is 0.110. The van der Waals surface area contributed by atoms with Gasteiger partial charge in [0.25, 0.3) is 20.2 Å². The smallest absolute Gasteiger partial charge is 0.361 e. The van der Waals surface area contributed by atoms with Crippen molar-refractivity contribution in [3.63, 3.8) is 0 Å². The van der Waals surface area contributed by atoms with E-state index in [1.165, 1.54) is 0 Å². The molecule has 1 heterocycles. The van der Waals surface area contributed by atoms with E-state index in [1.807, 2.05) is 0 Å².